The molecular formula is C17H12F3N3O. The number of nitrogens with zero attached hydrogens (tertiary/aromatic N) is 3. The third kappa shape index (κ3) is 3.15. The van der Waals surface area contributed by atoms with Crippen molar-refractivity contribution in [1.82, 2.24) is 9.78 Å². The second-order valence-electron chi connectivity index (χ2n) is 5.04. The van der Waals surface area contributed by atoms with Crippen molar-refractivity contribution in [2.45, 2.75) is 6.18 Å². The van der Waals surface area contributed by atoms with E-state index in [1.54, 1.807) is 10.9 Å². The normalized spacial score (nSPS) is 12.4. The number of aromatic nitrogens is 2. The van der Waals surface area contributed by atoms with Crippen LogP contribution in [0.3, 0.4) is 0 Å². The molecule has 1 N–H and O–H groups in total. The van der Waals surface area contributed by atoms with Crippen LogP contribution in [0.4, 0.5) is 13.2 Å². The third-order valence-corrected chi connectivity index (χ3v) is 3.44. The minimum atomic E-state index is -4.47. The molecule has 24 heavy (non-hydrogen) atoms. The van der Waals surface area contributed by atoms with E-state index < -0.39 is 11.7 Å². The number of halogens is 3. The number of hydrogen-bond donors (Lipinski definition) is 1. The Kier molecular flexibility index (Phi) is 4.07. The minimum Gasteiger partial charge on any atom is -0.410 e. The predicted molar refractivity (Wildman–Crippen MR) is 82.4 cm³/mol. The zero-order valence-corrected chi connectivity index (χ0v) is 12.3. The van der Waals surface area contributed by atoms with Gasteiger partial charge in [0.05, 0.1) is 17.4 Å². The molecule has 0 spiro atoms. The summed E-state index contributed by atoms with van der Waals surface area (Å²) in [6.07, 6.45) is -1.45. The molecule has 0 aliphatic heterocycles. The van der Waals surface area contributed by atoms with Gasteiger partial charge >= 0.3 is 6.18 Å². The number of oxime groups is 1. The Morgan fingerprint density at radius 3 is 2.42 bits per heavy atom. The highest BCUT2D eigenvalue weighted by Crippen LogP contribution is 2.30. The third-order valence-electron chi connectivity index (χ3n) is 3.44. The van der Waals surface area contributed by atoms with Crippen LogP contribution in [0.2, 0.25) is 0 Å². The molecule has 0 aliphatic rings. The first-order chi connectivity index (χ1) is 11.5. The smallest absolute Gasteiger partial charge is 0.410 e. The molecule has 0 fully saturated rings. The molecule has 3 aromatic rings. The number of para-hydroxylation sites is 1. The maximum absolute atomic E-state index is 12.8. The predicted octanol–water partition coefficient (Wildman–Crippen LogP) is 4.12. The second-order valence-corrected chi connectivity index (χ2v) is 5.04. The summed E-state index contributed by atoms with van der Waals surface area (Å²) in [7, 11) is 0. The van der Waals surface area contributed by atoms with E-state index in [1.165, 1.54) is 18.3 Å². The topological polar surface area (TPSA) is 50.4 Å². The largest absolute Gasteiger partial charge is 0.416 e. The van der Waals surface area contributed by atoms with Gasteiger partial charge in [0.15, 0.2) is 0 Å². The standard InChI is InChI=1S/C17H12F3N3O/c18-17(19,20)14-6-4-5-12(9-14)16(22-24)13-10-21-23(11-13)15-7-2-1-3-8-15/h1-11,24H/b22-16+. The Morgan fingerprint density at radius 1 is 1.00 bits per heavy atom. The Balaban J connectivity index is 1.98. The van der Waals surface area contributed by atoms with Gasteiger partial charge in [0.1, 0.15) is 5.71 Å². The molecule has 0 atom stereocenters. The van der Waals surface area contributed by atoms with E-state index in [1.807, 2.05) is 30.3 Å². The first-order valence-corrected chi connectivity index (χ1v) is 6.99. The van der Waals surface area contributed by atoms with Crippen LogP contribution < -0.4 is 0 Å². The quantitative estimate of drug-likeness (QED) is 0.446. The molecule has 0 aliphatic carbocycles. The van der Waals surface area contributed by atoms with E-state index in [4.69, 9.17) is 0 Å². The van der Waals surface area contributed by atoms with Crippen molar-refractivity contribution in [3.63, 3.8) is 0 Å². The van der Waals surface area contributed by atoms with Crippen molar-refractivity contribution in [2.24, 2.45) is 5.16 Å². The van der Waals surface area contributed by atoms with Crippen molar-refractivity contribution in [2.75, 3.05) is 0 Å². The van der Waals surface area contributed by atoms with E-state index in [0.717, 1.165) is 17.8 Å². The summed E-state index contributed by atoms with van der Waals surface area (Å²) < 4.78 is 40.1. The van der Waals surface area contributed by atoms with Gasteiger partial charge in [0, 0.05) is 17.3 Å². The van der Waals surface area contributed by atoms with Gasteiger partial charge < -0.3 is 5.21 Å². The molecule has 4 nitrogen and oxygen atoms in total. The van der Waals surface area contributed by atoms with Crippen LogP contribution in [0, 0.1) is 0 Å². The Bertz CT molecular complexity index is 870. The molecule has 1 heterocycles. The summed E-state index contributed by atoms with van der Waals surface area (Å²) in [5.74, 6) is 0. The van der Waals surface area contributed by atoms with Crippen LogP contribution >= 0.6 is 0 Å². The van der Waals surface area contributed by atoms with E-state index in [-0.39, 0.29) is 11.3 Å². The van der Waals surface area contributed by atoms with E-state index in [0.29, 0.717) is 5.56 Å². The first kappa shape index (κ1) is 15.8. The van der Waals surface area contributed by atoms with Crippen molar-refractivity contribution in [3.05, 3.63) is 83.7 Å². The summed E-state index contributed by atoms with van der Waals surface area (Å²) in [6.45, 7) is 0. The highest BCUT2D eigenvalue weighted by Gasteiger charge is 2.30. The van der Waals surface area contributed by atoms with Gasteiger partial charge in [-0.3, -0.25) is 0 Å². The Labute approximate surface area is 135 Å². The molecule has 7 heteroatoms. The van der Waals surface area contributed by atoms with Gasteiger partial charge in [-0.25, -0.2) is 4.68 Å². The number of rotatable bonds is 3. The highest BCUT2D eigenvalue weighted by molar-refractivity contribution is 6.12. The van der Waals surface area contributed by atoms with Crippen molar-refractivity contribution < 1.29 is 18.4 Å². The molecule has 3 rings (SSSR count). The lowest BCUT2D eigenvalue weighted by Gasteiger charge is -2.09. The summed E-state index contributed by atoms with van der Waals surface area (Å²) in [4.78, 5) is 0. The average molecular weight is 331 g/mol. The van der Waals surface area contributed by atoms with Gasteiger partial charge in [-0.1, -0.05) is 35.5 Å². The maximum Gasteiger partial charge on any atom is 0.416 e. The minimum absolute atomic E-state index is 0.0169. The molecule has 0 bridgehead atoms. The highest BCUT2D eigenvalue weighted by atomic mass is 19.4. The summed E-state index contributed by atoms with van der Waals surface area (Å²) in [5, 5.41) is 16.6. The van der Waals surface area contributed by atoms with Crippen molar-refractivity contribution in [1.29, 1.82) is 0 Å². The zero-order valence-electron chi connectivity index (χ0n) is 12.3. The molecule has 0 amide bonds. The van der Waals surface area contributed by atoms with Gasteiger partial charge in [-0.15, -0.1) is 0 Å². The van der Waals surface area contributed by atoms with Gasteiger partial charge in [0.25, 0.3) is 0 Å². The summed E-state index contributed by atoms with van der Waals surface area (Å²) in [5.41, 5.74) is 0.547. The SMILES string of the molecule is O/N=C(\c1cccc(C(F)(F)F)c1)c1cnn(-c2ccccc2)c1. The monoisotopic (exact) mass is 331 g/mol. The molecule has 0 radical (unpaired) electrons. The van der Waals surface area contributed by atoms with Crippen LogP contribution in [-0.2, 0) is 6.18 Å². The fourth-order valence-corrected chi connectivity index (χ4v) is 2.29. The zero-order chi connectivity index (χ0) is 17.2. The maximum atomic E-state index is 12.8. The number of benzene rings is 2. The van der Waals surface area contributed by atoms with E-state index >= 15 is 0 Å². The fraction of sp³-hybridized carbons (Fsp3) is 0.0588. The van der Waals surface area contributed by atoms with Crippen LogP contribution in [-0.4, -0.2) is 20.7 Å². The fourth-order valence-electron chi connectivity index (χ4n) is 2.29. The molecule has 122 valence electrons. The summed E-state index contributed by atoms with van der Waals surface area (Å²) >= 11 is 0. The number of hydrogen-bond acceptors (Lipinski definition) is 3. The van der Waals surface area contributed by atoms with E-state index in [2.05, 4.69) is 10.3 Å². The van der Waals surface area contributed by atoms with Gasteiger partial charge in [-0.05, 0) is 24.3 Å². The molecule has 0 saturated heterocycles. The lowest BCUT2D eigenvalue weighted by molar-refractivity contribution is -0.137. The molecule has 2 aromatic carbocycles. The number of alkyl halides is 3. The Hall–Kier alpha value is -3.09. The average Bonchev–Trinajstić information content (AvgIpc) is 3.06. The lowest BCUT2D eigenvalue weighted by Crippen LogP contribution is -2.08. The lowest BCUT2D eigenvalue weighted by atomic mass is 10.0. The van der Waals surface area contributed by atoms with E-state index in [9.17, 15) is 18.4 Å². The molecule has 0 unspecified atom stereocenters. The van der Waals surface area contributed by atoms with Crippen LogP contribution in [0.5, 0.6) is 0 Å². The van der Waals surface area contributed by atoms with Crippen LogP contribution in [0.15, 0.2) is 72.1 Å². The van der Waals surface area contributed by atoms with Crippen molar-refractivity contribution in [3.8, 4) is 5.69 Å². The first-order valence-electron chi connectivity index (χ1n) is 6.99. The Morgan fingerprint density at radius 2 is 1.75 bits per heavy atom. The summed E-state index contributed by atoms with van der Waals surface area (Å²) in [6, 6.07) is 13.8. The van der Waals surface area contributed by atoms with Crippen LogP contribution in [0.25, 0.3) is 5.69 Å². The van der Waals surface area contributed by atoms with Gasteiger partial charge in [0.2, 0.25) is 0 Å². The van der Waals surface area contributed by atoms with Crippen molar-refractivity contribution >= 4 is 5.71 Å². The van der Waals surface area contributed by atoms with Crippen LogP contribution in [0.1, 0.15) is 16.7 Å². The molecule has 1 aromatic heterocycles. The second kappa shape index (κ2) is 6.19. The molecular weight excluding hydrogens is 319 g/mol. The van der Waals surface area contributed by atoms with Gasteiger partial charge in [-0.2, -0.15) is 18.3 Å². The molecule has 0 saturated carbocycles.